The lowest BCUT2D eigenvalue weighted by Crippen LogP contribution is -2.34. The molecule has 1 amide bonds. The van der Waals surface area contributed by atoms with Crippen molar-refractivity contribution >= 4 is 25.6 Å². The highest BCUT2D eigenvalue weighted by molar-refractivity contribution is 8.13. The monoisotopic (exact) mass is 313 g/mol. The Hall–Kier alpha value is -1.51. The van der Waals surface area contributed by atoms with Gasteiger partial charge in [-0.2, -0.15) is 0 Å². The van der Waals surface area contributed by atoms with Crippen molar-refractivity contribution in [2.24, 2.45) is 0 Å². The van der Waals surface area contributed by atoms with Crippen LogP contribution in [0.25, 0.3) is 0 Å². The fraction of sp³-hybridized carbons (Fsp3) is 0.357. The number of halogens is 1. The zero-order chi connectivity index (χ0) is 15.3. The van der Waals surface area contributed by atoms with Gasteiger partial charge in [0.1, 0.15) is 0 Å². The highest BCUT2D eigenvalue weighted by Crippen LogP contribution is 2.19. The number of benzene rings is 1. The molecule has 1 N–H and O–H groups in total. The molecule has 1 atom stereocenters. The minimum absolute atomic E-state index is 0.109. The van der Waals surface area contributed by atoms with E-state index in [2.05, 4.69) is 11.2 Å². The van der Waals surface area contributed by atoms with Crippen LogP contribution in [-0.2, 0) is 9.05 Å². The number of amides is 1. The quantitative estimate of drug-likeness (QED) is 0.671. The maximum atomic E-state index is 12.1. The van der Waals surface area contributed by atoms with Crippen LogP contribution in [0.2, 0.25) is 0 Å². The first-order valence-corrected chi connectivity index (χ1v) is 8.42. The molecular formula is C14H16ClNO3S. The first kappa shape index (κ1) is 16.5. The van der Waals surface area contributed by atoms with Crippen LogP contribution in [0, 0.1) is 19.3 Å². The van der Waals surface area contributed by atoms with Gasteiger partial charge in [-0.3, -0.25) is 4.79 Å². The molecule has 0 aromatic heterocycles. The molecule has 0 aliphatic heterocycles. The van der Waals surface area contributed by atoms with Crippen molar-refractivity contribution in [3.63, 3.8) is 0 Å². The van der Waals surface area contributed by atoms with Crippen LogP contribution in [0.3, 0.4) is 0 Å². The summed E-state index contributed by atoms with van der Waals surface area (Å²) in [6, 6.07) is 3.78. The summed E-state index contributed by atoms with van der Waals surface area (Å²) >= 11 is 0. The van der Waals surface area contributed by atoms with Crippen LogP contribution < -0.4 is 5.32 Å². The number of carbonyl (C=O) groups is 1. The highest BCUT2D eigenvalue weighted by Gasteiger charge is 2.17. The summed E-state index contributed by atoms with van der Waals surface area (Å²) in [5.41, 5.74) is 0.905. The first-order valence-electron chi connectivity index (χ1n) is 6.12. The lowest BCUT2D eigenvalue weighted by Gasteiger charge is -2.13. The van der Waals surface area contributed by atoms with Gasteiger partial charge in [0.25, 0.3) is 15.0 Å². The van der Waals surface area contributed by atoms with Crippen molar-refractivity contribution in [1.82, 2.24) is 5.32 Å². The molecule has 108 valence electrons. The van der Waals surface area contributed by atoms with E-state index in [4.69, 9.17) is 17.1 Å². The number of aryl methyl sites for hydroxylation is 1. The van der Waals surface area contributed by atoms with Gasteiger partial charge in [0, 0.05) is 16.2 Å². The van der Waals surface area contributed by atoms with Crippen molar-refractivity contribution < 1.29 is 13.2 Å². The number of hydrogen-bond acceptors (Lipinski definition) is 3. The van der Waals surface area contributed by atoms with Crippen LogP contribution >= 0.6 is 10.7 Å². The zero-order valence-corrected chi connectivity index (χ0v) is 12.9. The van der Waals surface area contributed by atoms with Gasteiger partial charge in [0.05, 0.1) is 10.9 Å². The molecule has 0 spiro atoms. The summed E-state index contributed by atoms with van der Waals surface area (Å²) in [5, 5.41) is 2.69. The van der Waals surface area contributed by atoms with Gasteiger partial charge >= 0.3 is 0 Å². The van der Waals surface area contributed by atoms with E-state index in [0.29, 0.717) is 12.0 Å². The number of rotatable bonds is 5. The molecule has 0 bridgehead atoms. The molecule has 0 radical (unpaired) electrons. The van der Waals surface area contributed by atoms with Gasteiger partial charge in [0.2, 0.25) is 0 Å². The van der Waals surface area contributed by atoms with Gasteiger partial charge in [0.15, 0.2) is 0 Å². The molecule has 4 nitrogen and oxygen atoms in total. The minimum Gasteiger partial charge on any atom is -0.338 e. The predicted molar refractivity (Wildman–Crippen MR) is 79.2 cm³/mol. The van der Waals surface area contributed by atoms with Crippen LogP contribution in [-0.4, -0.2) is 20.4 Å². The first-order chi connectivity index (χ1) is 9.29. The summed E-state index contributed by atoms with van der Waals surface area (Å²) in [7, 11) is 1.41. The number of carbonyl (C=O) groups excluding carboxylic acids is 1. The maximum absolute atomic E-state index is 12.1. The molecule has 1 rings (SSSR count). The average molecular weight is 314 g/mol. The van der Waals surface area contributed by atoms with E-state index in [9.17, 15) is 13.2 Å². The van der Waals surface area contributed by atoms with Gasteiger partial charge in [-0.15, -0.1) is 6.42 Å². The molecule has 1 aromatic carbocycles. The Bertz CT molecular complexity index is 647. The fourth-order valence-electron chi connectivity index (χ4n) is 1.72. The number of nitrogens with one attached hydrogen (secondary N) is 1. The Kier molecular flexibility index (Phi) is 5.61. The molecule has 0 saturated carbocycles. The molecule has 1 aromatic rings. The second kappa shape index (κ2) is 6.78. The Morgan fingerprint density at radius 1 is 1.50 bits per heavy atom. The second-order valence-corrected chi connectivity index (χ2v) is 6.96. The molecule has 0 aliphatic carbocycles. The van der Waals surface area contributed by atoms with Crippen molar-refractivity contribution in [3.8, 4) is 12.3 Å². The zero-order valence-electron chi connectivity index (χ0n) is 11.3. The molecule has 0 aliphatic rings. The van der Waals surface area contributed by atoms with E-state index in [0.717, 1.165) is 6.42 Å². The lowest BCUT2D eigenvalue weighted by molar-refractivity contribution is 0.0943. The van der Waals surface area contributed by atoms with Gasteiger partial charge in [-0.25, -0.2) is 8.42 Å². The van der Waals surface area contributed by atoms with Gasteiger partial charge in [-0.05, 0) is 31.0 Å². The Labute approximate surface area is 123 Å². The van der Waals surface area contributed by atoms with E-state index >= 15 is 0 Å². The van der Waals surface area contributed by atoms with E-state index in [-0.39, 0.29) is 16.5 Å². The van der Waals surface area contributed by atoms with Crippen LogP contribution in [0.15, 0.2) is 23.1 Å². The topological polar surface area (TPSA) is 63.2 Å². The van der Waals surface area contributed by atoms with Crippen LogP contribution in [0.5, 0.6) is 0 Å². The SMILES string of the molecule is C#CC(CCC)NC(=O)c1cc(S(=O)(=O)Cl)ccc1C. The third-order valence-corrected chi connectivity index (χ3v) is 4.17. The number of hydrogen-bond donors (Lipinski definition) is 1. The lowest BCUT2D eigenvalue weighted by atomic mass is 10.1. The average Bonchev–Trinajstić information content (AvgIpc) is 2.37. The molecule has 0 fully saturated rings. The third-order valence-electron chi connectivity index (χ3n) is 2.82. The fourth-order valence-corrected chi connectivity index (χ4v) is 2.50. The molecule has 0 saturated heterocycles. The van der Waals surface area contributed by atoms with E-state index in [1.807, 2.05) is 6.92 Å². The summed E-state index contributed by atoms with van der Waals surface area (Å²) in [6.45, 7) is 3.67. The second-order valence-electron chi connectivity index (χ2n) is 4.40. The standard InChI is InChI=1S/C14H16ClNO3S/c1-4-6-11(5-2)16-14(17)13-9-12(20(15,18)19)8-7-10(13)3/h2,7-9,11H,4,6H2,1,3H3,(H,16,17). The molecule has 20 heavy (non-hydrogen) atoms. The van der Waals surface area contributed by atoms with Crippen LogP contribution in [0.4, 0.5) is 0 Å². The largest absolute Gasteiger partial charge is 0.338 e. The molecule has 0 heterocycles. The van der Waals surface area contributed by atoms with E-state index in [1.165, 1.54) is 18.2 Å². The predicted octanol–water partition coefficient (Wildman–Crippen LogP) is 2.45. The van der Waals surface area contributed by atoms with Crippen LogP contribution in [0.1, 0.15) is 35.7 Å². The van der Waals surface area contributed by atoms with E-state index in [1.54, 1.807) is 6.92 Å². The van der Waals surface area contributed by atoms with Gasteiger partial charge < -0.3 is 5.32 Å². The highest BCUT2D eigenvalue weighted by atomic mass is 35.7. The third kappa shape index (κ3) is 4.26. The molecule has 1 unspecified atom stereocenters. The smallest absolute Gasteiger partial charge is 0.261 e. The number of terminal acetylenes is 1. The maximum Gasteiger partial charge on any atom is 0.261 e. The van der Waals surface area contributed by atoms with Crippen molar-refractivity contribution in [2.75, 3.05) is 0 Å². The Morgan fingerprint density at radius 2 is 2.15 bits per heavy atom. The summed E-state index contributed by atoms with van der Waals surface area (Å²) in [4.78, 5) is 12.0. The Balaban J connectivity index is 3.07. The van der Waals surface area contributed by atoms with Crippen molar-refractivity contribution in [1.29, 1.82) is 0 Å². The molecule has 6 heteroatoms. The minimum atomic E-state index is -3.87. The summed E-state index contributed by atoms with van der Waals surface area (Å²) < 4.78 is 22.6. The van der Waals surface area contributed by atoms with Crippen molar-refractivity contribution in [3.05, 3.63) is 29.3 Å². The van der Waals surface area contributed by atoms with E-state index < -0.39 is 15.0 Å². The summed E-state index contributed by atoms with van der Waals surface area (Å²) in [5.74, 6) is 2.09. The summed E-state index contributed by atoms with van der Waals surface area (Å²) in [6.07, 6.45) is 6.84. The molecular weight excluding hydrogens is 298 g/mol. The normalized spacial score (nSPS) is 12.5. The van der Waals surface area contributed by atoms with Gasteiger partial charge in [-0.1, -0.05) is 25.3 Å². The van der Waals surface area contributed by atoms with Crippen molar-refractivity contribution in [2.45, 2.75) is 37.6 Å². The Morgan fingerprint density at radius 3 is 2.65 bits per heavy atom.